The topological polar surface area (TPSA) is 84.9 Å². The van der Waals surface area contributed by atoms with Crippen molar-refractivity contribution in [2.45, 2.75) is 73.1 Å². The van der Waals surface area contributed by atoms with Gasteiger partial charge < -0.3 is 14.8 Å². The summed E-state index contributed by atoms with van der Waals surface area (Å²) in [6.07, 6.45) is 4.12. The van der Waals surface area contributed by atoms with Crippen LogP contribution in [0.25, 0.3) is 0 Å². The van der Waals surface area contributed by atoms with E-state index in [0.717, 1.165) is 32.3 Å². The molecular formula is C23H42N2O5. The largest absolute Gasteiger partial charge is 0.379 e. The molecule has 3 amide bonds. The van der Waals surface area contributed by atoms with E-state index in [1.807, 2.05) is 13.8 Å². The van der Waals surface area contributed by atoms with Crippen molar-refractivity contribution in [2.75, 3.05) is 39.5 Å². The van der Waals surface area contributed by atoms with Crippen LogP contribution < -0.4 is 5.32 Å². The van der Waals surface area contributed by atoms with Crippen LogP contribution in [0.15, 0.2) is 0 Å². The van der Waals surface area contributed by atoms with Gasteiger partial charge in [-0.1, -0.05) is 41.0 Å². The monoisotopic (exact) mass is 426 g/mol. The number of likely N-dealkylation sites (tertiary alicyclic amines) is 1. The number of unbranched alkanes of at least 4 members (excludes halogenated alkanes) is 2. The van der Waals surface area contributed by atoms with E-state index in [1.54, 1.807) is 0 Å². The summed E-state index contributed by atoms with van der Waals surface area (Å²) in [5.41, 5.74) is 0.283. The Morgan fingerprint density at radius 3 is 2.33 bits per heavy atom. The van der Waals surface area contributed by atoms with Gasteiger partial charge in [-0.2, -0.15) is 0 Å². The van der Waals surface area contributed by atoms with E-state index in [-0.39, 0.29) is 35.0 Å². The zero-order valence-corrected chi connectivity index (χ0v) is 19.6. The summed E-state index contributed by atoms with van der Waals surface area (Å²) in [5.74, 6) is -0.0581. The zero-order chi connectivity index (χ0) is 22.6. The van der Waals surface area contributed by atoms with Crippen molar-refractivity contribution in [3.8, 4) is 0 Å². The first-order chi connectivity index (χ1) is 14.1. The third-order valence-corrected chi connectivity index (χ3v) is 5.31. The minimum absolute atomic E-state index is 0.00762. The Labute approximate surface area is 182 Å². The van der Waals surface area contributed by atoms with Crippen molar-refractivity contribution >= 4 is 17.7 Å². The van der Waals surface area contributed by atoms with Crippen LogP contribution in [0.3, 0.4) is 0 Å². The number of hydrogen-bond donors (Lipinski definition) is 1. The molecule has 0 aromatic heterocycles. The normalized spacial score (nSPS) is 17.3. The highest BCUT2D eigenvalue weighted by Gasteiger charge is 2.39. The van der Waals surface area contributed by atoms with Gasteiger partial charge in [-0.05, 0) is 30.6 Å². The third-order valence-electron chi connectivity index (χ3n) is 5.31. The predicted molar refractivity (Wildman–Crippen MR) is 117 cm³/mol. The molecular weight excluding hydrogens is 384 g/mol. The summed E-state index contributed by atoms with van der Waals surface area (Å²) >= 11 is 0. The van der Waals surface area contributed by atoms with Crippen LogP contribution >= 0.6 is 0 Å². The van der Waals surface area contributed by atoms with E-state index in [0.29, 0.717) is 45.8 Å². The number of hydrogen-bond acceptors (Lipinski definition) is 5. The Morgan fingerprint density at radius 1 is 1.07 bits per heavy atom. The lowest BCUT2D eigenvalue weighted by Crippen LogP contribution is -2.32. The lowest BCUT2D eigenvalue weighted by Gasteiger charge is -2.17. The molecule has 1 rings (SSSR count). The van der Waals surface area contributed by atoms with E-state index in [1.165, 1.54) is 4.90 Å². The van der Waals surface area contributed by atoms with Gasteiger partial charge >= 0.3 is 0 Å². The SMILES string of the molecule is CC(C)C1CC(=O)N(CCCCCC(=O)NCCOCCOCCC(C)(C)C)C1=O. The van der Waals surface area contributed by atoms with Crippen LogP contribution in [0.4, 0.5) is 0 Å². The number of amides is 3. The molecule has 1 atom stereocenters. The summed E-state index contributed by atoms with van der Waals surface area (Å²) in [6, 6.07) is 0. The highest BCUT2D eigenvalue weighted by atomic mass is 16.5. The number of carbonyl (C=O) groups excluding carboxylic acids is 3. The quantitative estimate of drug-likeness (QED) is 0.321. The second kappa shape index (κ2) is 13.8. The maximum atomic E-state index is 12.2. The standard InChI is InChI=1S/C23H42N2O5/c1-18(2)19-17-21(27)25(22(19)28)12-8-6-7-9-20(26)24-11-14-30-16-15-29-13-10-23(3,4)5/h18-19H,6-17H2,1-5H3,(H,24,26). The van der Waals surface area contributed by atoms with Crippen molar-refractivity contribution in [2.24, 2.45) is 17.3 Å². The third kappa shape index (κ3) is 11.1. The average molecular weight is 427 g/mol. The van der Waals surface area contributed by atoms with E-state index >= 15 is 0 Å². The first-order valence-corrected chi connectivity index (χ1v) is 11.4. The van der Waals surface area contributed by atoms with E-state index in [4.69, 9.17) is 9.47 Å². The van der Waals surface area contributed by atoms with Gasteiger partial charge in [0.15, 0.2) is 0 Å². The molecule has 1 unspecified atom stereocenters. The van der Waals surface area contributed by atoms with E-state index in [9.17, 15) is 14.4 Å². The van der Waals surface area contributed by atoms with Crippen molar-refractivity contribution in [3.05, 3.63) is 0 Å². The molecule has 7 nitrogen and oxygen atoms in total. The summed E-state index contributed by atoms with van der Waals surface area (Å²) in [6.45, 7) is 13.8. The van der Waals surface area contributed by atoms with Crippen LogP contribution in [0.1, 0.15) is 73.1 Å². The smallest absolute Gasteiger partial charge is 0.233 e. The molecule has 0 radical (unpaired) electrons. The van der Waals surface area contributed by atoms with Crippen LogP contribution in [-0.4, -0.2) is 62.1 Å². The number of carbonyl (C=O) groups is 3. The Kier molecular flexibility index (Phi) is 12.2. The highest BCUT2D eigenvalue weighted by Crippen LogP contribution is 2.26. The lowest BCUT2D eigenvalue weighted by atomic mass is 9.93. The average Bonchev–Trinajstić information content (AvgIpc) is 2.93. The van der Waals surface area contributed by atoms with Crippen molar-refractivity contribution in [1.29, 1.82) is 0 Å². The molecule has 1 aliphatic rings. The number of nitrogens with zero attached hydrogens (tertiary/aromatic N) is 1. The van der Waals surface area contributed by atoms with Gasteiger partial charge in [0.2, 0.25) is 17.7 Å². The van der Waals surface area contributed by atoms with Crippen LogP contribution in [-0.2, 0) is 23.9 Å². The Balaban J connectivity index is 1.96. The molecule has 30 heavy (non-hydrogen) atoms. The molecule has 0 saturated carbocycles. The van der Waals surface area contributed by atoms with Crippen LogP contribution in [0.2, 0.25) is 0 Å². The second-order valence-corrected chi connectivity index (χ2v) is 9.63. The van der Waals surface area contributed by atoms with Gasteiger partial charge in [-0.25, -0.2) is 0 Å². The van der Waals surface area contributed by atoms with E-state index in [2.05, 4.69) is 26.1 Å². The van der Waals surface area contributed by atoms with Gasteiger partial charge in [-0.15, -0.1) is 0 Å². The van der Waals surface area contributed by atoms with Crippen molar-refractivity contribution in [3.63, 3.8) is 0 Å². The molecule has 1 fully saturated rings. The van der Waals surface area contributed by atoms with Gasteiger partial charge in [0, 0.05) is 38.5 Å². The first kappa shape index (κ1) is 26.6. The summed E-state index contributed by atoms with van der Waals surface area (Å²) < 4.78 is 11.0. The minimum Gasteiger partial charge on any atom is -0.379 e. The summed E-state index contributed by atoms with van der Waals surface area (Å²) in [5, 5.41) is 2.85. The van der Waals surface area contributed by atoms with Gasteiger partial charge in [0.25, 0.3) is 0 Å². The Hall–Kier alpha value is -1.47. The maximum absolute atomic E-state index is 12.2. The van der Waals surface area contributed by atoms with Crippen molar-refractivity contribution in [1.82, 2.24) is 10.2 Å². The molecule has 0 aliphatic carbocycles. The fourth-order valence-corrected chi connectivity index (χ4v) is 3.25. The molecule has 0 aromatic carbocycles. The fraction of sp³-hybridized carbons (Fsp3) is 0.870. The summed E-state index contributed by atoms with van der Waals surface area (Å²) in [7, 11) is 0. The van der Waals surface area contributed by atoms with Crippen molar-refractivity contribution < 1.29 is 23.9 Å². The molecule has 7 heteroatoms. The Morgan fingerprint density at radius 2 is 1.73 bits per heavy atom. The minimum atomic E-state index is -0.166. The molecule has 0 bridgehead atoms. The molecule has 1 heterocycles. The second-order valence-electron chi connectivity index (χ2n) is 9.63. The lowest BCUT2D eigenvalue weighted by molar-refractivity contribution is -0.139. The molecule has 1 aliphatic heterocycles. The van der Waals surface area contributed by atoms with Crippen LogP contribution in [0, 0.1) is 17.3 Å². The summed E-state index contributed by atoms with van der Waals surface area (Å²) in [4.78, 5) is 37.5. The van der Waals surface area contributed by atoms with Gasteiger partial charge in [0.1, 0.15) is 0 Å². The van der Waals surface area contributed by atoms with Gasteiger partial charge in [0.05, 0.1) is 19.8 Å². The predicted octanol–water partition coefficient (Wildman–Crippen LogP) is 3.16. The number of ether oxygens (including phenoxy) is 2. The van der Waals surface area contributed by atoms with E-state index < -0.39 is 0 Å². The maximum Gasteiger partial charge on any atom is 0.233 e. The fourth-order valence-electron chi connectivity index (χ4n) is 3.25. The molecule has 1 N–H and O–H groups in total. The zero-order valence-electron chi connectivity index (χ0n) is 19.6. The van der Waals surface area contributed by atoms with Crippen LogP contribution in [0.5, 0.6) is 0 Å². The van der Waals surface area contributed by atoms with Gasteiger partial charge in [-0.3, -0.25) is 19.3 Å². The number of rotatable bonds is 15. The number of nitrogens with one attached hydrogen (secondary N) is 1. The molecule has 1 saturated heterocycles. The number of imide groups is 1. The Bertz CT molecular complexity index is 542. The molecule has 174 valence electrons. The molecule has 0 spiro atoms. The first-order valence-electron chi connectivity index (χ1n) is 11.4. The molecule has 0 aromatic rings. The highest BCUT2D eigenvalue weighted by molar-refractivity contribution is 6.03.